The summed E-state index contributed by atoms with van der Waals surface area (Å²) in [4.78, 5) is 26.7. The van der Waals surface area contributed by atoms with Crippen LogP contribution in [-0.4, -0.2) is 31.6 Å². The number of carbonyl (C=O) groups is 2. The molecule has 0 N–H and O–H groups in total. The van der Waals surface area contributed by atoms with Gasteiger partial charge in [0, 0.05) is 5.02 Å². The normalized spacial score (nSPS) is 14.9. The number of benzene rings is 3. The number of carbonyl (C=O) groups excluding carboxylic acids is 2. The summed E-state index contributed by atoms with van der Waals surface area (Å²) in [5.41, 5.74) is 1.12. The first-order valence-electron chi connectivity index (χ1n) is 10.3. The first kappa shape index (κ1) is 27.8. The van der Waals surface area contributed by atoms with E-state index in [0.717, 1.165) is 16.7 Å². The smallest absolute Gasteiger partial charge is 0.339 e. The highest BCUT2D eigenvalue weighted by Crippen LogP contribution is 2.41. The fourth-order valence-corrected chi connectivity index (χ4v) is 6.16. The number of hydrogen-bond donors (Lipinski definition) is 0. The molecule has 1 aliphatic heterocycles. The Balaban J connectivity index is 1.59. The summed E-state index contributed by atoms with van der Waals surface area (Å²) in [5.74, 6) is -0.475. The van der Waals surface area contributed by atoms with E-state index in [0.29, 0.717) is 26.2 Å². The summed E-state index contributed by atoms with van der Waals surface area (Å²) < 4.78 is 36.4. The molecular formula is C24H15BrCl3NO6S2. The van der Waals surface area contributed by atoms with Gasteiger partial charge in [-0.05, 0) is 93.4 Å². The average Bonchev–Trinajstić information content (AvgIpc) is 3.10. The molecule has 0 atom stereocenters. The van der Waals surface area contributed by atoms with Crippen LogP contribution >= 0.6 is 62.5 Å². The van der Waals surface area contributed by atoms with Crippen LogP contribution in [0.25, 0.3) is 6.08 Å². The van der Waals surface area contributed by atoms with Gasteiger partial charge in [-0.15, -0.1) is 0 Å². The van der Waals surface area contributed by atoms with Crippen LogP contribution in [0, 0.1) is 0 Å². The van der Waals surface area contributed by atoms with E-state index in [2.05, 4.69) is 15.9 Å². The monoisotopic (exact) mass is 661 g/mol. The maximum atomic E-state index is 13.0. The molecule has 37 heavy (non-hydrogen) atoms. The van der Waals surface area contributed by atoms with Crippen LogP contribution in [0.4, 0.5) is 4.79 Å². The topological polar surface area (TPSA) is 90.0 Å². The summed E-state index contributed by atoms with van der Waals surface area (Å²) in [7, 11) is -2.84. The lowest BCUT2D eigenvalue weighted by atomic mass is 10.1. The van der Waals surface area contributed by atoms with E-state index in [1.165, 1.54) is 43.5 Å². The Morgan fingerprint density at radius 3 is 2.35 bits per heavy atom. The predicted octanol–water partition coefficient (Wildman–Crippen LogP) is 7.42. The van der Waals surface area contributed by atoms with Gasteiger partial charge in [-0.1, -0.05) is 40.9 Å². The molecule has 3 aromatic rings. The third-order valence-corrected chi connectivity index (χ3v) is 8.77. The second kappa shape index (κ2) is 11.3. The largest absolute Gasteiger partial charge is 0.493 e. The van der Waals surface area contributed by atoms with Crippen LogP contribution in [0.1, 0.15) is 11.1 Å². The summed E-state index contributed by atoms with van der Waals surface area (Å²) in [6.07, 6.45) is 1.50. The van der Waals surface area contributed by atoms with E-state index in [4.69, 9.17) is 43.7 Å². The fraction of sp³-hybridized carbons (Fsp3) is 0.0833. The zero-order valence-corrected chi connectivity index (χ0v) is 24.2. The molecule has 0 aromatic heterocycles. The molecule has 3 aromatic carbocycles. The maximum Gasteiger partial charge on any atom is 0.339 e. The molecule has 1 heterocycles. The molecule has 0 bridgehead atoms. The molecule has 0 radical (unpaired) electrons. The second-order valence-electron chi connectivity index (χ2n) is 7.54. The highest BCUT2D eigenvalue weighted by atomic mass is 79.9. The number of imide groups is 1. The van der Waals surface area contributed by atoms with Crippen molar-refractivity contribution in [1.82, 2.24) is 4.90 Å². The molecule has 0 unspecified atom stereocenters. The van der Waals surface area contributed by atoms with Crippen LogP contribution in [-0.2, 0) is 21.5 Å². The summed E-state index contributed by atoms with van der Waals surface area (Å²) in [6.45, 7) is 0.0290. The lowest BCUT2D eigenvalue weighted by molar-refractivity contribution is -0.123. The second-order valence-corrected chi connectivity index (χ2v) is 12.2. The zero-order chi connectivity index (χ0) is 26.9. The Labute approximate surface area is 240 Å². The van der Waals surface area contributed by atoms with Gasteiger partial charge in [-0.3, -0.25) is 14.5 Å². The van der Waals surface area contributed by atoms with Gasteiger partial charge in [-0.2, -0.15) is 8.42 Å². The van der Waals surface area contributed by atoms with E-state index < -0.39 is 21.3 Å². The van der Waals surface area contributed by atoms with Gasteiger partial charge in [0.1, 0.15) is 4.90 Å². The number of rotatable bonds is 7. The molecule has 0 aliphatic carbocycles. The molecule has 2 amide bonds. The average molecular weight is 664 g/mol. The number of thioether (sulfide) groups is 1. The quantitative estimate of drug-likeness (QED) is 0.192. The maximum absolute atomic E-state index is 13.0. The van der Waals surface area contributed by atoms with Gasteiger partial charge in [0.2, 0.25) is 0 Å². The van der Waals surface area contributed by atoms with Crippen LogP contribution in [0.2, 0.25) is 15.1 Å². The van der Waals surface area contributed by atoms with E-state index in [9.17, 15) is 18.0 Å². The van der Waals surface area contributed by atoms with E-state index in [1.807, 2.05) is 0 Å². The van der Waals surface area contributed by atoms with Crippen molar-refractivity contribution in [3.05, 3.63) is 90.2 Å². The number of amides is 2. The van der Waals surface area contributed by atoms with Gasteiger partial charge in [0.25, 0.3) is 11.1 Å². The van der Waals surface area contributed by atoms with Crippen LogP contribution in [0.5, 0.6) is 11.5 Å². The van der Waals surface area contributed by atoms with Gasteiger partial charge < -0.3 is 8.92 Å². The number of hydrogen-bond acceptors (Lipinski definition) is 7. The van der Waals surface area contributed by atoms with Crippen molar-refractivity contribution >= 4 is 89.8 Å². The Morgan fingerprint density at radius 2 is 1.70 bits per heavy atom. The van der Waals surface area contributed by atoms with Gasteiger partial charge in [0.15, 0.2) is 11.5 Å². The number of nitrogens with zero attached hydrogens (tertiary/aromatic N) is 1. The molecule has 192 valence electrons. The standard InChI is InChI=1S/C24H15BrCl3NO6S2/c1-34-20-10-14(8-17(25)22(20)35-37(32,33)16-5-3-15(26)4-6-16)11-21-23(30)29(24(31)36-21)12-13-2-7-18(27)19(28)9-13/h2-11H,12H2,1H3/b21-11-. The highest BCUT2D eigenvalue weighted by Gasteiger charge is 2.35. The molecule has 7 nitrogen and oxygen atoms in total. The van der Waals surface area contributed by atoms with E-state index >= 15 is 0 Å². The molecule has 4 rings (SSSR count). The first-order chi connectivity index (χ1) is 17.5. The Hall–Kier alpha value is -2.21. The third kappa shape index (κ3) is 6.27. The number of methoxy groups -OCH3 is 1. The number of halogens is 4. The SMILES string of the molecule is COc1cc(/C=C2\SC(=O)N(Cc3ccc(Cl)c(Cl)c3)C2=O)cc(Br)c1OS(=O)(=O)c1ccc(Cl)cc1. The van der Waals surface area contributed by atoms with Crippen molar-refractivity contribution < 1.29 is 26.9 Å². The Bertz CT molecular complexity index is 1540. The Morgan fingerprint density at radius 1 is 1.00 bits per heavy atom. The number of ether oxygens (including phenoxy) is 1. The molecular weight excluding hydrogens is 649 g/mol. The molecule has 0 spiro atoms. The van der Waals surface area contributed by atoms with Crippen molar-refractivity contribution in [2.24, 2.45) is 0 Å². The van der Waals surface area contributed by atoms with Crippen LogP contribution in [0.15, 0.2) is 68.9 Å². The fourth-order valence-electron chi connectivity index (χ4n) is 3.27. The van der Waals surface area contributed by atoms with E-state index in [-0.39, 0.29) is 32.3 Å². The lowest BCUT2D eigenvalue weighted by Gasteiger charge is -2.14. The Kier molecular flexibility index (Phi) is 8.47. The lowest BCUT2D eigenvalue weighted by Crippen LogP contribution is -2.27. The zero-order valence-electron chi connectivity index (χ0n) is 18.7. The van der Waals surface area contributed by atoms with Crippen molar-refractivity contribution in [2.75, 3.05) is 7.11 Å². The predicted molar refractivity (Wildman–Crippen MR) is 148 cm³/mol. The highest BCUT2D eigenvalue weighted by molar-refractivity contribution is 9.10. The molecule has 1 saturated heterocycles. The third-order valence-electron chi connectivity index (χ3n) is 5.04. The van der Waals surface area contributed by atoms with Crippen molar-refractivity contribution in [3.8, 4) is 11.5 Å². The summed E-state index contributed by atoms with van der Waals surface area (Å²) in [5, 5.41) is 0.622. The summed E-state index contributed by atoms with van der Waals surface area (Å²) in [6, 6.07) is 13.4. The first-order valence-corrected chi connectivity index (χ1v) is 14.4. The minimum absolute atomic E-state index is 0.0290. The molecule has 1 fully saturated rings. The molecule has 1 aliphatic rings. The molecule has 13 heteroatoms. The van der Waals surface area contributed by atoms with Gasteiger partial charge >= 0.3 is 10.1 Å². The van der Waals surface area contributed by atoms with Crippen molar-refractivity contribution in [2.45, 2.75) is 11.4 Å². The minimum atomic E-state index is -4.19. The summed E-state index contributed by atoms with van der Waals surface area (Å²) >= 11 is 21.9. The van der Waals surface area contributed by atoms with Crippen molar-refractivity contribution in [3.63, 3.8) is 0 Å². The van der Waals surface area contributed by atoms with Crippen LogP contribution < -0.4 is 8.92 Å². The van der Waals surface area contributed by atoms with E-state index in [1.54, 1.807) is 24.3 Å². The van der Waals surface area contributed by atoms with Crippen LogP contribution in [0.3, 0.4) is 0 Å². The van der Waals surface area contributed by atoms with Gasteiger partial charge in [0.05, 0.1) is 33.1 Å². The van der Waals surface area contributed by atoms with Crippen molar-refractivity contribution in [1.29, 1.82) is 0 Å². The van der Waals surface area contributed by atoms with Gasteiger partial charge in [-0.25, -0.2) is 0 Å². The minimum Gasteiger partial charge on any atom is -0.493 e. The molecule has 0 saturated carbocycles.